The molecule has 110 valence electrons. The summed E-state index contributed by atoms with van der Waals surface area (Å²) in [5.74, 6) is -3.50. The fraction of sp³-hybridized carbons (Fsp3) is 0.333. The van der Waals surface area contributed by atoms with E-state index in [2.05, 4.69) is 0 Å². The third-order valence-corrected chi connectivity index (χ3v) is 2.61. The van der Waals surface area contributed by atoms with Gasteiger partial charge in [-0.05, 0) is 19.1 Å². The van der Waals surface area contributed by atoms with E-state index in [0.717, 1.165) is 0 Å². The minimum atomic E-state index is -5.16. The van der Waals surface area contributed by atoms with Crippen molar-refractivity contribution >= 4 is 11.9 Å². The van der Waals surface area contributed by atoms with Crippen LogP contribution in [0.5, 0.6) is 0 Å². The highest BCUT2D eigenvalue weighted by Crippen LogP contribution is 2.28. The molecule has 0 aliphatic carbocycles. The molecular formula is C12H11F3NO4-. The maximum Gasteiger partial charge on any atom is 0.411 e. The first kappa shape index (κ1) is 16.0. The molecule has 0 fully saturated rings. The van der Waals surface area contributed by atoms with Crippen LogP contribution in [0.15, 0.2) is 30.3 Å². The fourth-order valence-corrected chi connectivity index (χ4v) is 1.46. The van der Waals surface area contributed by atoms with Crippen molar-refractivity contribution in [3.63, 3.8) is 0 Å². The average Bonchev–Trinajstić information content (AvgIpc) is 2.34. The summed E-state index contributed by atoms with van der Waals surface area (Å²) in [6, 6.07) is 3.90. The first-order chi connectivity index (χ1) is 9.06. The molecule has 0 aliphatic heterocycles. The van der Waals surface area contributed by atoms with E-state index in [4.69, 9.17) is 0 Å². The Morgan fingerprint density at radius 3 is 2.15 bits per heavy atom. The Labute approximate surface area is 112 Å². The summed E-state index contributed by atoms with van der Waals surface area (Å²) in [6.45, 7) is 0.408. The van der Waals surface area contributed by atoms with Gasteiger partial charge in [0.1, 0.15) is 5.60 Å². The van der Waals surface area contributed by atoms with Gasteiger partial charge in [-0.15, -0.1) is 0 Å². The summed E-state index contributed by atoms with van der Waals surface area (Å²) in [7, 11) is 0. The van der Waals surface area contributed by atoms with Gasteiger partial charge in [-0.25, -0.2) is 0 Å². The van der Waals surface area contributed by atoms with Crippen LogP contribution >= 0.6 is 0 Å². The van der Waals surface area contributed by atoms with E-state index < -0.39 is 29.7 Å². The third-order valence-electron chi connectivity index (χ3n) is 2.61. The number of carbonyl (C=O) groups is 2. The van der Waals surface area contributed by atoms with E-state index in [-0.39, 0.29) is 5.56 Å². The van der Waals surface area contributed by atoms with Gasteiger partial charge in [0.2, 0.25) is 0 Å². The van der Waals surface area contributed by atoms with Crippen LogP contribution in [0, 0.1) is 0 Å². The van der Waals surface area contributed by atoms with Crippen molar-refractivity contribution in [3.8, 4) is 0 Å². The molecule has 1 aromatic carbocycles. The van der Waals surface area contributed by atoms with E-state index in [1.807, 2.05) is 0 Å². The number of hydrogen-bond donors (Lipinski definition) is 2. The van der Waals surface area contributed by atoms with E-state index in [1.165, 1.54) is 29.6 Å². The van der Waals surface area contributed by atoms with Gasteiger partial charge >= 0.3 is 6.18 Å². The van der Waals surface area contributed by atoms with Gasteiger partial charge in [-0.2, -0.15) is 13.2 Å². The quantitative estimate of drug-likeness (QED) is 0.807. The highest BCUT2D eigenvalue weighted by molar-refractivity contribution is 5.95. The number of carboxylic acid groups (broad SMARTS) is 1. The Bertz CT molecular complexity index is 499. The third kappa shape index (κ3) is 3.47. The standard InChI is InChI=1S/C12H12F3NO4/c1-11(20,10(18)19)9(12(13,14)15)16-8(17)7-5-3-2-4-6-7/h2-6,9,20H,1H3,(H,16,17)(H,18,19)/p-1/t9-,11-/m1/s1. The lowest BCUT2D eigenvalue weighted by molar-refractivity contribution is -0.331. The minimum absolute atomic E-state index is 0.101. The second-order valence-corrected chi connectivity index (χ2v) is 4.25. The zero-order valence-corrected chi connectivity index (χ0v) is 10.3. The van der Waals surface area contributed by atoms with Crippen molar-refractivity contribution in [1.82, 2.24) is 5.32 Å². The van der Waals surface area contributed by atoms with Gasteiger partial charge in [0, 0.05) is 5.56 Å². The summed E-state index contributed by atoms with van der Waals surface area (Å²) in [4.78, 5) is 22.3. The average molecular weight is 290 g/mol. The highest BCUT2D eigenvalue weighted by atomic mass is 19.4. The van der Waals surface area contributed by atoms with Crippen LogP contribution in [0.1, 0.15) is 17.3 Å². The number of carboxylic acids is 1. The van der Waals surface area contributed by atoms with E-state index >= 15 is 0 Å². The maximum absolute atomic E-state index is 12.8. The molecule has 0 spiro atoms. The smallest absolute Gasteiger partial charge is 0.411 e. The number of aliphatic hydroxyl groups is 1. The summed E-state index contributed by atoms with van der Waals surface area (Å²) in [5.41, 5.74) is -3.39. The maximum atomic E-state index is 12.8. The molecule has 0 radical (unpaired) electrons. The summed E-state index contributed by atoms with van der Waals surface area (Å²) >= 11 is 0. The number of aliphatic carboxylic acids is 1. The molecule has 0 heterocycles. The monoisotopic (exact) mass is 290 g/mol. The molecule has 0 bridgehead atoms. The number of amides is 1. The first-order valence-electron chi connectivity index (χ1n) is 5.43. The van der Waals surface area contributed by atoms with Crippen molar-refractivity contribution in [2.24, 2.45) is 0 Å². The van der Waals surface area contributed by atoms with Gasteiger partial charge in [-0.3, -0.25) is 4.79 Å². The van der Waals surface area contributed by atoms with Crippen LogP contribution in [-0.2, 0) is 4.79 Å². The zero-order chi connectivity index (χ0) is 15.6. The number of nitrogens with one attached hydrogen (secondary N) is 1. The Hall–Kier alpha value is -2.09. The van der Waals surface area contributed by atoms with Gasteiger partial charge < -0.3 is 20.3 Å². The topological polar surface area (TPSA) is 89.5 Å². The van der Waals surface area contributed by atoms with Crippen molar-refractivity contribution < 1.29 is 33.0 Å². The van der Waals surface area contributed by atoms with Crippen LogP contribution in [0.25, 0.3) is 0 Å². The molecule has 0 saturated heterocycles. The summed E-state index contributed by atoms with van der Waals surface area (Å²) in [6.07, 6.45) is -5.16. The molecule has 1 aromatic rings. The molecule has 2 atom stereocenters. The van der Waals surface area contributed by atoms with Crippen LogP contribution in [0.3, 0.4) is 0 Å². The number of rotatable bonds is 4. The normalized spacial score (nSPS) is 16.1. The van der Waals surface area contributed by atoms with Crippen molar-refractivity contribution in [2.45, 2.75) is 24.7 Å². The lowest BCUT2D eigenvalue weighted by Crippen LogP contribution is -2.65. The molecule has 1 amide bonds. The SMILES string of the molecule is C[C@](O)(C(=O)[O-])[C@@H](NC(=O)c1ccccc1)C(F)(F)F. The molecule has 2 N–H and O–H groups in total. The van der Waals surface area contributed by atoms with Crippen molar-refractivity contribution in [3.05, 3.63) is 35.9 Å². The first-order valence-corrected chi connectivity index (χ1v) is 5.43. The minimum Gasteiger partial charge on any atom is -0.547 e. The molecule has 0 saturated carbocycles. The Morgan fingerprint density at radius 1 is 1.25 bits per heavy atom. The Balaban J connectivity index is 3.04. The molecule has 5 nitrogen and oxygen atoms in total. The lowest BCUT2D eigenvalue weighted by Gasteiger charge is -2.35. The lowest BCUT2D eigenvalue weighted by atomic mass is 9.95. The molecule has 20 heavy (non-hydrogen) atoms. The molecule has 0 aromatic heterocycles. The second-order valence-electron chi connectivity index (χ2n) is 4.25. The molecule has 1 rings (SSSR count). The molecular weight excluding hydrogens is 279 g/mol. The van der Waals surface area contributed by atoms with Gasteiger partial charge in [0.25, 0.3) is 5.91 Å². The van der Waals surface area contributed by atoms with Crippen LogP contribution in [0.4, 0.5) is 13.2 Å². The van der Waals surface area contributed by atoms with Crippen LogP contribution in [-0.4, -0.2) is 34.8 Å². The van der Waals surface area contributed by atoms with E-state index in [1.54, 1.807) is 6.07 Å². The number of alkyl halides is 3. The van der Waals surface area contributed by atoms with E-state index in [9.17, 15) is 33.0 Å². The number of carbonyl (C=O) groups excluding carboxylic acids is 2. The highest BCUT2D eigenvalue weighted by Gasteiger charge is 2.52. The van der Waals surface area contributed by atoms with Gasteiger partial charge in [-0.1, -0.05) is 18.2 Å². The fourth-order valence-electron chi connectivity index (χ4n) is 1.46. The van der Waals surface area contributed by atoms with Crippen molar-refractivity contribution in [1.29, 1.82) is 0 Å². The molecule has 0 unspecified atom stereocenters. The van der Waals surface area contributed by atoms with Crippen LogP contribution < -0.4 is 10.4 Å². The number of benzene rings is 1. The number of hydrogen-bond acceptors (Lipinski definition) is 4. The largest absolute Gasteiger partial charge is 0.547 e. The van der Waals surface area contributed by atoms with E-state index in [0.29, 0.717) is 6.92 Å². The molecule has 8 heteroatoms. The van der Waals surface area contributed by atoms with Gasteiger partial charge in [0.15, 0.2) is 6.04 Å². The van der Waals surface area contributed by atoms with Crippen LogP contribution in [0.2, 0.25) is 0 Å². The number of halogens is 3. The second kappa shape index (κ2) is 5.49. The predicted molar refractivity (Wildman–Crippen MR) is 59.4 cm³/mol. The Kier molecular flexibility index (Phi) is 4.39. The van der Waals surface area contributed by atoms with Gasteiger partial charge in [0.05, 0.1) is 5.97 Å². The summed E-state index contributed by atoms with van der Waals surface area (Å²) in [5, 5.41) is 21.5. The zero-order valence-electron chi connectivity index (χ0n) is 10.3. The summed E-state index contributed by atoms with van der Waals surface area (Å²) < 4.78 is 38.4. The van der Waals surface area contributed by atoms with Crippen molar-refractivity contribution in [2.75, 3.05) is 0 Å². The predicted octanol–water partition coefficient (Wildman–Crippen LogP) is -0.152. The molecule has 0 aliphatic rings. The Morgan fingerprint density at radius 2 is 1.75 bits per heavy atom.